The SMILES string of the molecule is CCc1ccc(C(=O)CN2CC(C(C)(C)C)CC2=O)cc1. The van der Waals surface area contributed by atoms with Gasteiger partial charge in [-0.3, -0.25) is 9.59 Å². The molecule has 0 aliphatic carbocycles. The quantitative estimate of drug-likeness (QED) is 0.797. The first-order valence-corrected chi connectivity index (χ1v) is 7.71. The summed E-state index contributed by atoms with van der Waals surface area (Å²) in [6.07, 6.45) is 1.53. The molecule has 0 saturated carbocycles. The number of aryl methyl sites for hydroxylation is 1. The second-order valence-electron chi connectivity index (χ2n) is 7.01. The molecule has 1 amide bonds. The Morgan fingerprint density at radius 1 is 1.24 bits per heavy atom. The molecule has 3 nitrogen and oxygen atoms in total. The van der Waals surface area contributed by atoms with E-state index in [1.807, 2.05) is 24.3 Å². The summed E-state index contributed by atoms with van der Waals surface area (Å²) >= 11 is 0. The van der Waals surface area contributed by atoms with E-state index in [2.05, 4.69) is 27.7 Å². The molecule has 0 radical (unpaired) electrons. The van der Waals surface area contributed by atoms with E-state index in [4.69, 9.17) is 0 Å². The number of carbonyl (C=O) groups excluding carboxylic acids is 2. The smallest absolute Gasteiger partial charge is 0.223 e. The summed E-state index contributed by atoms with van der Waals surface area (Å²) in [5, 5.41) is 0. The number of benzene rings is 1. The molecule has 3 heteroatoms. The first-order valence-electron chi connectivity index (χ1n) is 7.71. The van der Waals surface area contributed by atoms with Gasteiger partial charge in [-0.2, -0.15) is 0 Å². The lowest BCUT2D eigenvalue weighted by atomic mass is 9.80. The van der Waals surface area contributed by atoms with Crippen molar-refractivity contribution in [3.63, 3.8) is 0 Å². The molecular formula is C18H25NO2. The Labute approximate surface area is 127 Å². The van der Waals surface area contributed by atoms with Crippen LogP contribution >= 0.6 is 0 Å². The van der Waals surface area contributed by atoms with Gasteiger partial charge in [0, 0.05) is 18.5 Å². The molecule has 0 N–H and O–H groups in total. The Morgan fingerprint density at radius 2 is 1.86 bits per heavy atom. The van der Waals surface area contributed by atoms with Gasteiger partial charge in [-0.1, -0.05) is 52.0 Å². The number of nitrogens with zero attached hydrogens (tertiary/aromatic N) is 1. The lowest BCUT2D eigenvalue weighted by molar-refractivity contribution is -0.127. The van der Waals surface area contributed by atoms with E-state index in [0.29, 0.717) is 24.4 Å². The minimum absolute atomic E-state index is 0.0283. The molecule has 21 heavy (non-hydrogen) atoms. The number of amides is 1. The molecule has 0 aromatic heterocycles. The molecule has 0 spiro atoms. The average Bonchev–Trinajstić information content (AvgIpc) is 2.80. The molecule has 1 atom stereocenters. The van der Waals surface area contributed by atoms with Crippen LogP contribution in [0.2, 0.25) is 0 Å². The summed E-state index contributed by atoms with van der Waals surface area (Å²) < 4.78 is 0. The Hall–Kier alpha value is -1.64. The molecule has 1 aromatic carbocycles. The monoisotopic (exact) mass is 287 g/mol. The maximum Gasteiger partial charge on any atom is 0.223 e. The van der Waals surface area contributed by atoms with Crippen LogP contribution in [0, 0.1) is 11.3 Å². The van der Waals surface area contributed by atoms with Crippen LogP contribution in [0.25, 0.3) is 0 Å². The van der Waals surface area contributed by atoms with Crippen LogP contribution < -0.4 is 0 Å². The van der Waals surface area contributed by atoms with Crippen molar-refractivity contribution in [1.82, 2.24) is 4.90 Å². The van der Waals surface area contributed by atoms with E-state index in [-0.39, 0.29) is 23.7 Å². The van der Waals surface area contributed by atoms with Gasteiger partial charge in [0.25, 0.3) is 0 Å². The fourth-order valence-electron chi connectivity index (χ4n) is 2.70. The summed E-state index contributed by atoms with van der Waals surface area (Å²) in [4.78, 5) is 26.1. The molecule has 1 heterocycles. The van der Waals surface area contributed by atoms with Crippen LogP contribution in [0.5, 0.6) is 0 Å². The van der Waals surface area contributed by atoms with Gasteiger partial charge in [-0.25, -0.2) is 0 Å². The minimum atomic E-state index is 0.0283. The highest BCUT2D eigenvalue weighted by atomic mass is 16.2. The molecule has 0 bridgehead atoms. The van der Waals surface area contributed by atoms with Crippen molar-refractivity contribution >= 4 is 11.7 Å². The Balaban J connectivity index is 2.01. The maximum absolute atomic E-state index is 12.3. The van der Waals surface area contributed by atoms with Gasteiger partial charge in [0.15, 0.2) is 5.78 Å². The molecule has 2 rings (SSSR count). The van der Waals surface area contributed by atoms with Gasteiger partial charge >= 0.3 is 0 Å². The topological polar surface area (TPSA) is 37.4 Å². The van der Waals surface area contributed by atoms with Crippen molar-refractivity contribution < 1.29 is 9.59 Å². The second-order valence-corrected chi connectivity index (χ2v) is 7.01. The predicted molar refractivity (Wildman–Crippen MR) is 84.3 cm³/mol. The van der Waals surface area contributed by atoms with E-state index >= 15 is 0 Å². The number of ketones is 1. The first-order chi connectivity index (χ1) is 9.81. The standard InChI is InChI=1S/C18H25NO2/c1-5-13-6-8-14(9-7-13)16(20)12-19-11-15(10-17(19)21)18(2,3)4/h6-9,15H,5,10-12H2,1-4H3. The van der Waals surface area contributed by atoms with Crippen LogP contribution in [0.4, 0.5) is 0 Å². The Morgan fingerprint density at radius 3 is 2.33 bits per heavy atom. The largest absolute Gasteiger partial charge is 0.335 e. The van der Waals surface area contributed by atoms with Crippen molar-refractivity contribution in [1.29, 1.82) is 0 Å². The third-order valence-electron chi connectivity index (χ3n) is 4.46. The van der Waals surface area contributed by atoms with Crippen LogP contribution in [0.15, 0.2) is 24.3 Å². The number of Topliss-reactive ketones (excluding diaryl/α,β-unsaturated/α-hetero) is 1. The summed E-state index contributed by atoms with van der Waals surface area (Å²) in [6, 6.07) is 7.69. The fraction of sp³-hybridized carbons (Fsp3) is 0.556. The number of likely N-dealkylation sites (tertiary alicyclic amines) is 1. The lowest BCUT2D eigenvalue weighted by Crippen LogP contribution is -2.32. The number of carbonyl (C=O) groups is 2. The molecule has 114 valence electrons. The highest BCUT2D eigenvalue weighted by Gasteiger charge is 2.37. The number of hydrogen-bond donors (Lipinski definition) is 0. The molecule has 1 unspecified atom stereocenters. The molecule has 1 fully saturated rings. The predicted octanol–water partition coefficient (Wildman–Crippen LogP) is 3.33. The Kier molecular flexibility index (Phi) is 4.50. The zero-order valence-electron chi connectivity index (χ0n) is 13.5. The molecule has 1 saturated heterocycles. The van der Waals surface area contributed by atoms with Gasteiger partial charge in [-0.05, 0) is 23.3 Å². The van der Waals surface area contributed by atoms with Crippen molar-refractivity contribution in [3.05, 3.63) is 35.4 Å². The van der Waals surface area contributed by atoms with E-state index in [1.165, 1.54) is 5.56 Å². The molecule has 1 aliphatic heterocycles. The van der Waals surface area contributed by atoms with E-state index < -0.39 is 0 Å². The van der Waals surface area contributed by atoms with Crippen LogP contribution in [0.1, 0.15) is 50.0 Å². The van der Waals surface area contributed by atoms with Gasteiger partial charge in [-0.15, -0.1) is 0 Å². The fourth-order valence-corrected chi connectivity index (χ4v) is 2.70. The van der Waals surface area contributed by atoms with Crippen LogP contribution in [-0.4, -0.2) is 29.7 Å². The van der Waals surface area contributed by atoms with Gasteiger partial charge in [0.2, 0.25) is 5.91 Å². The number of hydrogen-bond acceptors (Lipinski definition) is 2. The van der Waals surface area contributed by atoms with Crippen LogP contribution in [0.3, 0.4) is 0 Å². The van der Waals surface area contributed by atoms with Crippen molar-refractivity contribution in [3.8, 4) is 0 Å². The van der Waals surface area contributed by atoms with E-state index in [0.717, 1.165) is 6.42 Å². The van der Waals surface area contributed by atoms with Gasteiger partial charge < -0.3 is 4.90 Å². The van der Waals surface area contributed by atoms with Crippen LogP contribution in [-0.2, 0) is 11.2 Å². The van der Waals surface area contributed by atoms with Crippen molar-refractivity contribution in [2.45, 2.75) is 40.5 Å². The highest BCUT2D eigenvalue weighted by molar-refractivity contribution is 5.99. The van der Waals surface area contributed by atoms with Crippen molar-refractivity contribution in [2.24, 2.45) is 11.3 Å². The highest BCUT2D eigenvalue weighted by Crippen LogP contribution is 2.34. The summed E-state index contributed by atoms with van der Waals surface area (Å²) in [5.74, 6) is 0.467. The van der Waals surface area contributed by atoms with E-state index in [9.17, 15) is 9.59 Å². The van der Waals surface area contributed by atoms with Gasteiger partial charge in [0.1, 0.15) is 0 Å². The Bertz CT molecular complexity index is 525. The molecule has 1 aliphatic rings. The lowest BCUT2D eigenvalue weighted by Gasteiger charge is -2.26. The number of rotatable bonds is 4. The second kappa shape index (κ2) is 6.00. The van der Waals surface area contributed by atoms with Gasteiger partial charge in [0.05, 0.1) is 6.54 Å². The summed E-state index contributed by atoms with van der Waals surface area (Å²) in [6.45, 7) is 9.45. The van der Waals surface area contributed by atoms with E-state index in [1.54, 1.807) is 4.90 Å². The molecule has 1 aromatic rings. The summed E-state index contributed by atoms with van der Waals surface area (Å²) in [7, 11) is 0. The van der Waals surface area contributed by atoms with Crippen molar-refractivity contribution in [2.75, 3.05) is 13.1 Å². The average molecular weight is 287 g/mol. The normalized spacial score (nSPS) is 19.1. The summed E-state index contributed by atoms with van der Waals surface area (Å²) in [5.41, 5.74) is 2.02. The first kappa shape index (κ1) is 15.7. The molecular weight excluding hydrogens is 262 g/mol. The zero-order valence-corrected chi connectivity index (χ0v) is 13.5. The third-order valence-corrected chi connectivity index (χ3v) is 4.46. The third kappa shape index (κ3) is 3.72. The zero-order chi connectivity index (χ0) is 15.6. The minimum Gasteiger partial charge on any atom is -0.335 e. The maximum atomic E-state index is 12.3.